The van der Waals surface area contributed by atoms with Crippen LogP contribution in [0.15, 0.2) is 0 Å². The third-order valence-corrected chi connectivity index (χ3v) is 2.02. The highest BCUT2D eigenvalue weighted by molar-refractivity contribution is 5.85. The highest BCUT2D eigenvalue weighted by Gasteiger charge is 2.11. The van der Waals surface area contributed by atoms with Crippen LogP contribution in [0.3, 0.4) is 0 Å². The maximum Gasteiger partial charge on any atom is 0.305 e. The molecule has 0 spiro atoms. The number of esters is 1. The van der Waals surface area contributed by atoms with E-state index in [1.807, 2.05) is 6.92 Å². The third-order valence-electron chi connectivity index (χ3n) is 2.02. The molecule has 3 N–H and O–H groups in total. The van der Waals surface area contributed by atoms with E-state index in [9.17, 15) is 9.59 Å². The third kappa shape index (κ3) is 8.49. The molecule has 1 amide bonds. The lowest BCUT2D eigenvalue weighted by Gasteiger charge is -2.10. The van der Waals surface area contributed by atoms with Crippen molar-refractivity contribution < 1.29 is 14.3 Å². The lowest BCUT2D eigenvalue weighted by Crippen LogP contribution is -2.40. The molecule has 0 saturated heterocycles. The summed E-state index contributed by atoms with van der Waals surface area (Å²) in [6.45, 7) is 2.44. The Kier molecular flexibility index (Phi) is 11.8. The van der Waals surface area contributed by atoms with Crippen LogP contribution in [-0.4, -0.2) is 31.6 Å². The lowest BCUT2D eigenvalue weighted by atomic mass is 10.1. The van der Waals surface area contributed by atoms with Crippen molar-refractivity contribution in [2.24, 2.45) is 5.73 Å². The number of carbonyl (C=O) groups is 2. The summed E-state index contributed by atoms with van der Waals surface area (Å²) in [4.78, 5) is 22.0. The zero-order chi connectivity index (χ0) is 11.7. The number of amides is 1. The molecule has 0 rings (SSSR count). The molecule has 0 bridgehead atoms. The molecule has 0 heterocycles. The fraction of sp³-hybridized carbons (Fsp3) is 0.800. The maximum absolute atomic E-state index is 11.3. The summed E-state index contributed by atoms with van der Waals surface area (Å²) in [7, 11) is 1.35. The van der Waals surface area contributed by atoms with E-state index < -0.39 is 6.04 Å². The minimum atomic E-state index is -0.437. The standard InChI is InChI=1S/C10H20N2O3.ClH/c1-3-5-8(11)10(14)12-7-4-6-9(13)15-2;/h8H,3-7,11H2,1-2H3,(H,12,14);1H. The molecule has 0 aromatic rings. The number of nitrogens with one attached hydrogen (secondary N) is 1. The molecule has 0 radical (unpaired) electrons. The van der Waals surface area contributed by atoms with Crippen molar-refractivity contribution in [1.29, 1.82) is 0 Å². The number of methoxy groups -OCH3 is 1. The Hall–Kier alpha value is -0.810. The number of hydrogen-bond acceptors (Lipinski definition) is 4. The van der Waals surface area contributed by atoms with Crippen molar-refractivity contribution in [3.63, 3.8) is 0 Å². The largest absolute Gasteiger partial charge is 0.469 e. The molecule has 0 saturated carbocycles. The van der Waals surface area contributed by atoms with E-state index in [-0.39, 0.29) is 24.3 Å². The molecule has 0 aliphatic carbocycles. The van der Waals surface area contributed by atoms with Crippen LogP contribution < -0.4 is 11.1 Å². The minimum Gasteiger partial charge on any atom is -0.469 e. The van der Waals surface area contributed by atoms with Gasteiger partial charge in [0.25, 0.3) is 0 Å². The first-order valence-electron chi connectivity index (χ1n) is 5.22. The SMILES string of the molecule is CCCC(N)C(=O)NCCCC(=O)OC.Cl. The molecule has 0 aromatic heterocycles. The van der Waals surface area contributed by atoms with Gasteiger partial charge in [-0.3, -0.25) is 9.59 Å². The maximum atomic E-state index is 11.3. The minimum absolute atomic E-state index is 0. The Morgan fingerprint density at radius 2 is 2.06 bits per heavy atom. The highest BCUT2D eigenvalue weighted by atomic mass is 35.5. The monoisotopic (exact) mass is 252 g/mol. The molecule has 0 aromatic carbocycles. The summed E-state index contributed by atoms with van der Waals surface area (Å²) < 4.78 is 4.47. The number of nitrogens with two attached hydrogens (primary N) is 1. The van der Waals surface area contributed by atoms with Crippen LogP contribution in [0.25, 0.3) is 0 Å². The summed E-state index contributed by atoms with van der Waals surface area (Å²) in [5, 5.41) is 2.67. The smallest absolute Gasteiger partial charge is 0.305 e. The average molecular weight is 253 g/mol. The predicted octanol–water partition coefficient (Wildman–Crippen LogP) is 0.605. The number of ether oxygens (including phenoxy) is 1. The van der Waals surface area contributed by atoms with Gasteiger partial charge < -0.3 is 15.8 Å². The Labute approximate surface area is 103 Å². The van der Waals surface area contributed by atoms with Crippen molar-refractivity contribution in [2.45, 2.75) is 38.6 Å². The van der Waals surface area contributed by atoms with Gasteiger partial charge in [0.1, 0.15) is 0 Å². The van der Waals surface area contributed by atoms with E-state index >= 15 is 0 Å². The first-order chi connectivity index (χ1) is 7.11. The second-order valence-corrected chi connectivity index (χ2v) is 3.37. The summed E-state index contributed by atoms with van der Waals surface area (Å²) in [5.74, 6) is -0.413. The van der Waals surface area contributed by atoms with Gasteiger partial charge in [0, 0.05) is 13.0 Å². The lowest BCUT2D eigenvalue weighted by molar-refractivity contribution is -0.140. The fourth-order valence-corrected chi connectivity index (χ4v) is 1.12. The van der Waals surface area contributed by atoms with Gasteiger partial charge in [0.2, 0.25) is 5.91 Å². The van der Waals surface area contributed by atoms with Crippen molar-refractivity contribution in [3.05, 3.63) is 0 Å². The van der Waals surface area contributed by atoms with E-state index in [0.717, 1.165) is 6.42 Å². The highest BCUT2D eigenvalue weighted by Crippen LogP contribution is 1.94. The van der Waals surface area contributed by atoms with E-state index in [1.165, 1.54) is 7.11 Å². The zero-order valence-electron chi connectivity index (χ0n) is 9.82. The summed E-state index contributed by atoms with van der Waals surface area (Å²) in [6.07, 6.45) is 2.47. The second-order valence-electron chi connectivity index (χ2n) is 3.37. The van der Waals surface area contributed by atoms with Crippen molar-refractivity contribution >= 4 is 24.3 Å². The van der Waals surface area contributed by atoms with Gasteiger partial charge in [-0.05, 0) is 12.8 Å². The Morgan fingerprint density at radius 1 is 1.44 bits per heavy atom. The molecule has 0 aliphatic rings. The van der Waals surface area contributed by atoms with Gasteiger partial charge in [-0.25, -0.2) is 0 Å². The first kappa shape index (κ1) is 17.6. The first-order valence-corrected chi connectivity index (χ1v) is 5.22. The van der Waals surface area contributed by atoms with E-state index in [1.54, 1.807) is 0 Å². The molecular weight excluding hydrogens is 232 g/mol. The second kappa shape index (κ2) is 10.7. The molecule has 0 fully saturated rings. The van der Waals surface area contributed by atoms with Gasteiger partial charge in [-0.15, -0.1) is 12.4 Å². The van der Waals surface area contributed by atoms with E-state index in [4.69, 9.17) is 5.73 Å². The summed E-state index contributed by atoms with van der Waals surface area (Å²) >= 11 is 0. The van der Waals surface area contributed by atoms with Crippen LogP contribution in [-0.2, 0) is 14.3 Å². The number of hydrogen-bond donors (Lipinski definition) is 2. The normalized spacial score (nSPS) is 11.2. The quantitative estimate of drug-likeness (QED) is 0.514. The Morgan fingerprint density at radius 3 is 2.56 bits per heavy atom. The Balaban J connectivity index is 0. The van der Waals surface area contributed by atoms with Crippen molar-refractivity contribution in [3.8, 4) is 0 Å². The van der Waals surface area contributed by atoms with Crippen LogP contribution in [0.5, 0.6) is 0 Å². The number of carbonyl (C=O) groups excluding carboxylic acids is 2. The molecule has 6 heteroatoms. The topological polar surface area (TPSA) is 81.4 Å². The van der Waals surface area contributed by atoms with Crippen molar-refractivity contribution in [1.82, 2.24) is 5.32 Å². The summed E-state index contributed by atoms with van der Waals surface area (Å²) in [5.41, 5.74) is 5.59. The van der Waals surface area contributed by atoms with Crippen LogP contribution in [0.4, 0.5) is 0 Å². The molecule has 5 nitrogen and oxygen atoms in total. The van der Waals surface area contributed by atoms with Gasteiger partial charge in [-0.1, -0.05) is 13.3 Å². The number of halogens is 1. The van der Waals surface area contributed by atoms with Crippen molar-refractivity contribution in [2.75, 3.05) is 13.7 Å². The number of rotatable bonds is 7. The van der Waals surface area contributed by atoms with E-state index in [2.05, 4.69) is 10.1 Å². The molecule has 1 atom stereocenters. The van der Waals surface area contributed by atoms with Gasteiger partial charge in [0.15, 0.2) is 0 Å². The van der Waals surface area contributed by atoms with E-state index in [0.29, 0.717) is 25.8 Å². The van der Waals surface area contributed by atoms with Gasteiger partial charge >= 0.3 is 5.97 Å². The zero-order valence-corrected chi connectivity index (χ0v) is 10.6. The van der Waals surface area contributed by atoms with Crippen LogP contribution >= 0.6 is 12.4 Å². The summed E-state index contributed by atoms with van der Waals surface area (Å²) in [6, 6.07) is -0.437. The fourth-order valence-electron chi connectivity index (χ4n) is 1.12. The average Bonchev–Trinajstić information content (AvgIpc) is 2.23. The predicted molar refractivity (Wildman–Crippen MR) is 64.4 cm³/mol. The molecule has 1 unspecified atom stereocenters. The van der Waals surface area contributed by atoms with Crippen LogP contribution in [0.1, 0.15) is 32.6 Å². The molecule has 96 valence electrons. The van der Waals surface area contributed by atoms with Crippen LogP contribution in [0.2, 0.25) is 0 Å². The van der Waals surface area contributed by atoms with Gasteiger partial charge in [0.05, 0.1) is 13.2 Å². The van der Waals surface area contributed by atoms with Gasteiger partial charge in [-0.2, -0.15) is 0 Å². The molecular formula is C10H21ClN2O3. The van der Waals surface area contributed by atoms with Crippen LogP contribution in [0, 0.1) is 0 Å². The molecule has 0 aliphatic heterocycles. The Bertz CT molecular complexity index is 212. The molecule has 16 heavy (non-hydrogen) atoms.